The molecule has 2 saturated heterocycles. The van der Waals surface area contributed by atoms with Gasteiger partial charge in [-0.05, 0) is 0 Å². The predicted molar refractivity (Wildman–Crippen MR) is 37.3 cm³/mol. The van der Waals surface area contributed by atoms with Gasteiger partial charge in [-0.15, -0.1) is 12.4 Å². The molecular weight excluding hydrogens is 156 g/mol. The second-order valence-corrected chi connectivity index (χ2v) is 2.53. The van der Waals surface area contributed by atoms with E-state index >= 15 is 0 Å². The molecule has 0 unspecified atom stereocenters. The first-order chi connectivity index (χ1) is 4.31. The Morgan fingerprint density at radius 2 is 2.10 bits per heavy atom. The Labute approximate surface area is 64.7 Å². The van der Waals surface area contributed by atoms with Gasteiger partial charge in [0, 0.05) is 13.1 Å². The summed E-state index contributed by atoms with van der Waals surface area (Å²) in [6.07, 6.45) is -0.281. The van der Waals surface area contributed by atoms with E-state index < -0.39 is 0 Å². The summed E-state index contributed by atoms with van der Waals surface area (Å²) in [5.41, 5.74) is -0.183. The minimum atomic E-state index is -0.281. The van der Waals surface area contributed by atoms with Crippen molar-refractivity contribution in [3.05, 3.63) is 0 Å². The standard InChI is InChI=1S/C5H8N2O2.ClH/c8-4-7-3-5(9-4)1-6-2-5;/h6H,1-3H2,(H,7,8);1H. The van der Waals surface area contributed by atoms with Crippen LogP contribution < -0.4 is 10.6 Å². The first-order valence-electron chi connectivity index (χ1n) is 2.98. The fraction of sp³-hybridized carbons (Fsp3) is 0.800. The molecule has 2 aliphatic rings. The van der Waals surface area contributed by atoms with Gasteiger partial charge in [0.05, 0.1) is 6.54 Å². The zero-order chi connectivity index (χ0) is 6.32. The maximum Gasteiger partial charge on any atom is 0.407 e. The Morgan fingerprint density at radius 3 is 2.30 bits per heavy atom. The zero-order valence-corrected chi connectivity index (χ0v) is 6.16. The maximum absolute atomic E-state index is 10.5. The van der Waals surface area contributed by atoms with Crippen LogP contribution in [0, 0.1) is 0 Å². The Morgan fingerprint density at radius 1 is 1.40 bits per heavy atom. The summed E-state index contributed by atoms with van der Waals surface area (Å²) in [5.74, 6) is 0. The molecule has 0 saturated carbocycles. The molecule has 2 heterocycles. The smallest absolute Gasteiger partial charge is 0.407 e. The van der Waals surface area contributed by atoms with Crippen LogP contribution >= 0.6 is 12.4 Å². The van der Waals surface area contributed by atoms with Crippen molar-refractivity contribution < 1.29 is 9.53 Å². The quantitative estimate of drug-likeness (QED) is 0.507. The van der Waals surface area contributed by atoms with Gasteiger partial charge >= 0.3 is 6.09 Å². The molecule has 5 heteroatoms. The van der Waals surface area contributed by atoms with E-state index in [1.54, 1.807) is 0 Å². The van der Waals surface area contributed by atoms with Gasteiger partial charge in [0.2, 0.25) is 0 Å². The third-order valence-corrected chi connectivity index (χ3v) is 1.76. The fourth-order valence-corrected chi connectivity index (χ4v) is 1.10. The SMILES string of the molecule is Cl.O=C1NCC2(CNC2)O1. The molecule has 2 rings (SSSR count). The third-order valence-electron chi connectivity index (χ3n) is 1.76. The number of rotatable bonds is 0. The van der Waals surface area contributed by atoms with Crippen LogP contribution in [0.25, 0.3) is 0 Å². The lowest BCUT2D eigenvalue weighted by molar-refractivity contribution is 0.0142. The van der Waals surface area contributed by atoms with E-state index in [2.05, 4.69) is 10.6 Å². The molecule has 0 bridgehead atoms. The summed E-state index contributed by atoms with van der Waals surface area (Å²) in [7, 11) is 0. The topological polar surface area (TPSA) is 50.4 Å². The monoisotopic (exact) mass is 164 g/mol. The van der Waals surface area contributed by atoms with Crippen molar-refractivity contribution in [2.75, 3.05) is 19.6 Å². The predicted octanol–water partition coefficient (Wildman–Crippen LogP) is -0.510. The van der Waals surface area contributed by atoms with Crippen molar-refractivity contribution in [2.24, 2.45) is 0 Å². The highest BCUT2D eigenvalue weighted by Gasteiger charge is 2.45. The van der Waals surface area contributed by atoms with Crippen LogP contribution in [0.4, 0.5) is 4.79 Å². The summed E-state index contributed by atoms with van der Waals surface area (Å²) in [6, 6.07) is 0. The van der Waals surface area contributed by atoms with Crippen LogP contribution in [-0.4, -0.2) is 31.3 Å². The largest absolute Gasteiger partial charge is 0.438 e. The minimum Gasteiger partial charge on any atom is -0.438 e. The first-order valence-corrected chi connectivity index (χ1v) is 2.98. The normalized spacial score (nSPS) is 26.2. The van der Waals surface area contributed by atoms with Crippen molar-refractivity contribution in [3.8, 4) is 0 Å². The number of halogens is 1. The van der Waals surface area contributed by atoms with Gasteiger partial charge in [0.25, 0.3) is 0 Å². The van der Waals surface area contributed by atoms with Gasteiger partial charge in [0.1, 0.15) is 0 Å². The molecule has 0 aromatic carbocycles. The van der Waals surface area contributed by atoms with Gasteiger partial charge in [0.15, 0.2) is 5.60 Å². The van der Waals surface area contributed by atoms with Crippen LogP contribution in [-0.2, 0) is 4.74 Å². The van der Waals surface area contributed by atoms with Crippen LogP contribution in [0.1, 0.15) is 0 Å². The van der Waals surface area contributed by atoms with E-state index in [0.717, 1.165) is 13.1 Å². The van der Waals surface area contributed by atoms with Gasteiger partial charge in [-0.2, -0.15) is 0 Å². The Kier molecular flexibility index (Phi) is 1.74. The molecular formula is C5H9ClN2O2. The second kappa shape index (κ2) is 2.29. The lowest BCUT2D eigenvalue weighted by Crippen LogP contribution is -2.61. The molecule has 58 valence electrons. The number of ether oxygens (including phenoxy) is 1. The van der Waals surface area contributed by atoms with Crippen LogP contribution in [0.2, 0.25) is 0 Å². The van der Waals surface area contributed by atoms with Crippen molar-refractivity contribution >= 4 is 18.5 Å². The summed E-state index contributed by atoms with van der Waals surface area (Å²) in [4.78, 5) is 10.5. The molecule has 0 aliphatic carbocycles. The van der Waals surface area contributed by atoms with E-state index in [1.807, 2.05) is 0 Å². The number of nitrogens with one attached hydrogen (secondary N) is 2. The molecule has 10 heavy (non-hydrogen) atoms. The number of carbonyl (C=O) groups is 1. The fourth-order valence-electron chi connectivity index (χ4n) is 1.10. The van der Waals surface area contributed by atoms with E-state index in [-0.39, 0.29) is 24.1 Å². The lowest BCUT2D eigenvalue weighted by atomic mass is 9.98. The minimum absolute atomic E-state index is 0. The zero-order valence-electron chi connectivity index (χ0n) is 5.35. The van der Waals surface area contributed by atoms with Gasteiger partial charge in [-0.25, -0.2) is 4.79 Å². The second-order valence-electron chi connectivity index (χ2n) is 2.53. The number of amides is 1. The highest BCUT2D eigenvalue weighted by Crippen LogP contribution is 2.19. The van der Waals surface area contributed by atoms with Crippen molar-refractivity contribution in [3.63, 3.8) is 0 Å². The molecule has 1 spiro atoms. The third kappa shape index (κ3) is 0.932. The van der Waals surface area contributed by atoms with E-state index in [0.29, 0.717) is 6.54 Å². The molecule has 2 aliphatic heterocycles. The van der Waals surface area contributed by atoms with Crippen molar-refractivity contribution in [2.45, 2.75) is 5.60 Å². The summed E-state index contributed by atoms with van der Waals surface area (Å²) < 4.78 is 4.97. The van der Waals surface area contributed by atoms with Crippen LogP contribution in [0.3, 0.4) is 0 Å². The van der Waals surface area contributed by atoms with Gasteiger partial charge < -0.3 is 15.4 Å². The van der Waals surface area contributed by atoms with Gasteiger partial charge in [-0.1, -0.05) is 0 Å². The highest BCUT2D eigenvalue weighted by molar-refractivity contribution is 5.85. The lowest BCUT2D eigenvalue weighted by Gasteiger charge is -2.35. The molecule has 2 N–H and O–H groups in total. The average molecular weight is 165 g/mol. The molecule has 0 aromatic heterocycles. The number of hydrogen-bond donors (Lipinski definition) is 2. The van der Waals surface area contributed by atoms with Crippen molar-refractivity contribution in [1.29, 1.82) is 0 Å². The summed E-state index contributed by atoms with van der Waals surface area (Å²) in [6.45, 7) is 2.26. The van der Waals surface area contributed by atoms with Crippen molar-refractivity contribution in [1.82, 2.24) is 10.6 Å². The molecule has 1 amide bonds. The first kappa shape index (κ1) is 7.63. The van der Waals surface area contributed by atoms with E-state index in [4.69, 9.17) is 4.74 Å². The number of carbonyl (C=O) groups excluding carboxylic acids is 1. The Balaban J connectivity index is 0.000000500. The summed E-state index contributed by atoms with van der Waals surface area (Å²) >= 11 is 0. The van der Waals surface area contributed by atoms with Crippen LogP contribution in [0.15, 0.2) is 0 Å². The van der Waals surface area contributed by atoms with Crippen LogP contribution in [0.5, 0.6) is 0 Å². The average Bonchev–Trinajstić information content (AvgIpc) is 2.09. The molecule has 2 fully saturated rings. The number of alkyl carbamates (subject to hydrolysis) is 1. The molecule has 4 nitrogen and oxygen atoms in total. The maximum atomic E-state index is 10.5. The molecule has 0 radical (unpaired) electrons. The Bertz CT molecular complexity index is 158. The Hall–Kier alpha value is -0.480. The molecule has 0 aromatic rings. The van der Waals surface area contributed by atoms with E-state index in [9.17, 15) is 4.79 Å². The summed E-state index contributed by atoms with van der Waals surface area (Å²) in [5, 5.41) is 5.66. The highest BCUT2D eigenvalue weighted by atomic mass is 35.5. The van der Waals surface area contributed by atoms with E-state index in [1.165, 1.54) is 0 Å². The van der Waals surface area contributed by atoms with Gasteiger partial charge in [-0.3, -0.25) is 0 Å². The molecule has 0 atom stereocenters. The number of hydrogen-bond acceptors (Lipinski definition) is 3.